The smallest absolute Gasteiger partial charge is 0.350 e. The number of ether oxygens (including phenoxy) is 1. The lowest BCUT2D eigenvalue weighted by molar-refractivity contribution is -0.391. The summed E-state index contributed by atoms with van der Waals surface area (Å²) in [5, 5.41) is 46.8. The zero-order valence-corrected chi connectivity index (χ0v) is 20.7. The van der Waals surface area contributed by atoms with Crippen molar-refractivity contribution in [3.05, 3.63) is 88.5 Å². The molecule has 2 aromatic carbocycles. The predicted octanol–water partition coefficient (Wildman–Crippen LogP) is 4.53. The van der Waals surface area contributed by atoms with Gasteiger partial charge in [-0.2, -0.15) is 0 Å². The van der Waals surface area contributed by atoms with E-state index in [4.69, 9.17) is 4.74 Å². The molecule has 2 heterocycles. The molecule has 0 aliphatic rings. The van der Waals surface area contributed by atoms with Gasteiger partial charge in [-0.1, -0.05) is 0 Å². The minimum absolute atomic E-state index is 0.0622. The topological polar surface area (TPSA) is 217 Å². The molecule has 0 aliphatic heterocycles. The van der Waals surface area contributed by atoms with Crippen molar-refractivity contribution in [3.8, 4) is 34.0 Å². The van der Waals surface area contributed by atoms with Gasteiger partial charge in [-0.05, 0) is 34.1 Å². The summed E-state index contributed by atoms with van der Waals surface area (Å²) in [7, 11) is 2.86. The van der Waals surface area contributed by atoms with Crippen LogP contribution in [-0.2, 0) is 14.1 Å². The molecule has 0 atom stereocenters. The Kier molecular flexibility index (Phi) is 6.49. The van der Waals surface area contributed by atoms with E-state index >= 15 is 0 Å². The second-order valence-corrected chi connectivity index (χ2v) is 8.28. The Hall–Kier alpha value is -5.74. The molecule has 0 radical (unpaired) electrons. The van der Waals surface area contributed by atoms with E-state index in [0.717, 1.165) is 24.3 Å². The third-order valence-electron chi connectivity index (χ3n) is 6.00. The predicted molar refractivity (Wildman–Crippen MR) is 133 cm³/mol. The minimum Gasteiger partial charge on any atom is -0.443 e. The molecule has 2 aromatic heterocycles. The van der Waals surface area contributed by atoms with Crippen LogP contribution in [0.25, 0.3) is 22.5 Å². The molecular formula is C22H18N8O9. The highest BCUT2D eigenvalue weighted by Gasteiger charge is 2.29. The van der Waals surface area contributed by atoms with Gasteiger partial charge >= 0.3 is 23.0 Å². The van der Waals surface area contributed by atoms with Gasteiger partial charge in [0.05, 0.1) is 23.9 Å². The molecule has 4 aromatic rings. The van der Waals surface area contributed by atoms with Crippen LogP contribution in [0.4, 0.5) is 23.0 Å². The zero-order valence-electron chi connectivity index (χ0n) is 20.7. The maximum Gasteiger partial charge on any atom is 0.350 e. The van der Waals surface area contributed by atoms with Gasteiger partial charge < -0.3 is 25.0 Å². The Bertz CT molecular complexity index is 1580. The number of benzene rings is 2. The molecular weight excluding hydrogens is 520 g/mol. The first-order valence-corrected chi connectivity index (χ1v) is 10.9. The number of hydrogen-bond donors (Lipinski definition) is 0. The molecule has 39 heavy (non-hydrogen) atoms. The molecule has 0 fully saturated rings. The second kappa shape index (κ2) is 9.61. The van der Waals surface area contributed by atoms with E-state index < -0.39 is 31.1 Å². The number of nitro benzene ring substituents is 2. The molecule has 17 heteroatoms. The van der Waals surface area contributed by atoms with E-state index in [1.807, 2.05) is 0 Å². The van der Waals surface area contributed by atoms with E-state index in [2.05, 4.69) is 9.97 Å². The summed E-state index contributed by atoms with van der Waals surface area (Å²) in [5.74, 6) is -0.900. The van der Waals surface area contributed by atoms with Crippen molar-refractivity contribution in [2.75, 3.05) is 0 Å². The van der Waals surface area contributed by atoms with Crippen LogP contribution in [0.2, 0.25) is 0 Å². The Morgan fingerprint density at radius 2 is 1.00 bits per heavy atom. The van der Waals surface area contributed by atoms with Crippen LogP contribution in [0.5, 0.6) is 11.5 Å². The summed E-state index contributed by atoms with van der Waals surface area (Å²) in [6, 6.07) is 6.93. The van der Waals surface area contributed by atoms with Gasteiger partial charge in [0, 0.05) is 37.1 Å². The van der Waals surface area contributed by atoms with Gasteiger partial charge in [-0.3, -0.25) is 20.2 Å². The molecule has 17 nitrogen and oxygen atoms in total. The number of nitro groups is 4. The largest absolute Gasteiger partial charge is 0.443 e. The lowest BCUT2D eigenvalue weighted by atomic mass is 10.1. The molecule has 200 valence electrons. The van der Waals surface area contributed by atoms with Crippen molar-refractivity contribution in [1.82, 2.24) is 19.1 Å². The Labute approximate surface area is 217 Å². The monoisotopic (exact) mass is 538 g/mol. The summed E-state index contributed by atoms with van der Waals surface area (Å²) in [4.78, 5) is 52.1. The average molecular weight is 538 g/mol. The van der Waals surface area contributed by atoms with E-state index in [1.54, 1.807) is 0 Å². The van der Waals surface area contributed by atoms with E-state index in [1.165, 1.54) is 49.2 Å². The highest BCUT2D eigenvalue weighted by molar-refractivity contribution is 5.74. The van der Waals surface area contributed by atoms with E-state index in [-0.39, 0.29) is 45.6 Å². The van der Waals surface area contributed by atoms with Crippen molar-refractivity contribution < 1.29 is 24.4 Å². The third-order valence-corrected chi connectivity index (χ3v) is 6.00. The van der Waals surface area contributed by atoms with Gasteiger partial charge in [0.15, 0.2) is 23.0 Å². The molecule has 0 N–H and O–H groups in total. The molecule has 0 unspecified atom stereocenters. The maximum absolute atomic E-state index is 11.8. The number of nitrogens with zero attached hydrogens (tertiary/aromatic N) is 8. The van der Waals surface area contributed by atoms with Crippen LogP contribution < -0.4 is 4.74 Å². The van der Waals surface area contributed by atoms with Gasteiger partial charge in [0.1, 0.15) is 0 Å². The molecule has 0 aliphatic carbocycles. The van der Waals surface area contributed by atoms with Crippen LogP contribution in [0, 0.1) is 54.3 Å². The summed E-state index contributed by atoms with van der Waals surface area (Å²) in [6.07, 6.45) is 0. The van der Waals surface area contributed by atoms with Crippen LogP contribution in [0.3, 0.4) is 0 Å². The van der Waals surface area contributed by atoms with Crippen molar-refractivity contribution in [1.29, 1.82) is 0 Å². The SMILES string of the molecule is Cc1nc(-c2ccc(Oc3ccc(-c4nc(C)n(C)c4[N+](=O)[O-])cc3[N+](=O)[O-])c([N+](=O)[O-])c2)c([N+](=O)[O-])n1C. The van der Waals surface area contributed by atoms with Crippen LogP contribution in [0.1, 0.15) is 11.6 Å². The minimum atomic E-state index is -0.805. The van der Waals surface area contributed by atoms with Gasteiger partial charge in [0.2, 0.25) is 11.5 Å². The van der Waals surface area contributed by atoms with Gasteiger partial charge in [-0.15, -0.1) is 0 Å². The van der Waals surface area contributed by atoms with Crippen molar-refractivity contribution in [2.24, 2.45) is 14.1 Å². The van der Waals surface area contributed by atoms with E-state index in [9.17, 15) is 40.5 Å². The highest BCUT2D eigenvalue weighted by atomic mass is 16.6. The quantitative estimate of drug-likeness (QED) is 0.224. The number of aryl methyl sites for hydroxylation is 2. The fourth-order valence-electron chi connectivity index (χ4n) is 3.91. The lowest BCUT2D eigenvalue weighted by Gasteiger charge is -2.09. The Morgan fingerprint density at radius 3 is 1.31 bits per heavy atom. The molecule has 0 bridgehead atoms. The van der Waals surface area contributed by atoms with Crippen molar-refractivity contribution in [2.45, 2.75) is 13.8 Å². The highest BCUT2D eigenvalue weighted by Crippen LogP contribution is 2.42. The molecule has 4 rings (SSSR count). The van der Waals surface area contributed by atoms with Gasteiger partial charge in [0.25, 0.3) is 0 Å². The number of hydrogen-bond acceptors (Lipinski definition) is 11. The van der Waals surface area contributed by atoms with Crippen molar-refractivity contribution >= 4 is 23.0 Å². The Balaban J connectivity index is 1.79. The van der Waals surface area contributed by atoms with Crippen LogP contribution in [-0.4, -0.2) is 38.8 Å². The summed E-state index contributed by atoms with van der Waals surface area (Å²) >= 11 is 0. The first-order valence-electron chi connectivity index (χ1n) is 10.9. The normalized spacial score (nSPS) is 10.9. The molecule has 0 spiro atoms. The molecule has 0 saturated carbocycles. The van der Waals surface area contributed by atoms with E-state index in [0.29, 0.717) is 11.6 Å². The first-order chi connectivity index (χ1) is 18.3. The fourth-order valence-corrected chi connectivity index (χ4v) is 3.91. The maximum atomic E-state index is 11.8. The number of imidazole rings is 2. The summed E-state index contributed by atoms with van der Waals surface area (Å²) in [5.41, 5.74) is -1.33. The average Bonchev–Trinajstić information content (AvgIpc) is 3.34. The second-order valence-electron chi connectivity index (χ2n) is 8.28. The summed E-state index contributed by atoms with van der Waals surface area (Å²) in [6.45, 7) is 3.07. The third kappa shape index (κ3) is 4.59. The van der Waals surface area contributed by atoms with Crippen molar-refractivity contribution in [3.63, 3.8) is 0 Å². The molecule has 0 saturated heterocycles. The van der Waals surface area contributed by atoms with Crippen LogP contribution in [0.15, 0.2) is 36.4 Å². The summed E-state index contributed by atoms with van der Waals surface area (Å²) < 4.78 is 8.01. The fraction of sp³-hybridized carbons (Fsp3) is 0.182. The number of rotatable bonds is 8. The Morgan fingerprint density at radius 1 is 0.641 bits per heavy atom. The van der Waals surface area contributed by atoms with Gasteiger partial charge in [-0.25, -0.2) is 19.1 Å². The zero-order chi connectivity index (χ0) is 28.8. The lowest BCUT2D eigenvalue weighted by Crippen LogP contribution is -2.00. The number of aromatic nitrogens is 4. The molecule has 0 amide bonds. The first kappa shape index (κ1) is 26.3. The van der Waals surface area contributed by atoms with Crippen LogP contribution >= 0.6 is 0 Å². The standard InChI is InChI=1S/C22H18N8O9/c1-11-23-19(21(25(11)3)29(35)36)13-5-7-17(15(9-13)27(31)32)39-18-8-6-14(10-16(18)28(33)34)20-22(30(37)38)26(4)12(2)24-20/h5-10H,1-4H3.